The Morgan fingerprint density at radius 2 is 1.47 bits per heavy atom. The number of aromatic nitrogens is 1. The molecule has 3 aromatic carbocycles. The number of nitrogens with zero attached hydrogens (tertiary/aromatic N) is 4. The molecule has 2 aliphatic heterocycles. The Kier molecular flexibility index (Phi) is 5.17. The lowest BCUT2D eigenvalue weighted by Gasteiger charge is -2.49. The van der Waals surface area contributed by atoms with E-state index in [1.165, 1.54) is 16.0 Å². The number of thiazole rings is 1. The van der Waals surface area contributed by atoms with Crippen molar-refractivity contribution in [1.82, 2.24) is 14.5 Å². The number of hydrogen-bond acceptors (Lipinski definition) is 5. The van der Waals surface area contributed by atoms with Crippen LogP contribution in [0.4, 0.5) is 4.79 Å². The molecule has 1 fully saturated rings. The summed E-state index contributed by atoms with van der Waals surface area (Å²) in [4.78, 5) is 36.3. The minimum absolute atomic E-state index is 0.205. The molecule has 0 aliphatic carbocycles. The number of carbonyl (C=O) groups excluding carboxylic acids is 1. The summed E-state index contributed by atoms with van der Waals surface area (Å²) in [7, 11) is 3.51. The van der Waals surface area contributed by atoms with Gasteiger partial charge in [0, 0.05) is 29.7 Å². The molecule has 1 saturated heterocycles. The van der Waals surface area contributed by atoms with E-state index in [-0.39, 0.29) is 11.6 Å². The minimum Gasteiger partial charge on any atom is -0.295 e. The van der Waals surface area contributed by atoms with Gasteiger partial charge in [-0.15, -0.1) is 0 Å². The average molecular weight is 560 g/mol. The van der Waals surface area contributed by atoms with Crippen LogP contribution >= 0.6 is 27.3 Å². The van der Waals surface area contributed by atoms with Crippen LogP contribution in [-0.2, 0) is 11.3 Å². The summed E-state index contributed by atoms with van der Waals surface area (Å²) in [5.41, 5.74) is 3.50. The number of halogens is 1. The molecular formula is C27H22BrN5O2S. The summed E-state index contributed by atoms with van der Waals surface area (Å²) in [6, 6.07) is 27.0. The predicted octanol–water partition coefficient (Wildman–Crippen LogP) is 3.38. The third-order valence-corrected chi connectivity index (χ3v) is 8.44. The van der Waals surface area contributed by atoms with Crippen LogP contribution in [0.3, 0.4) is 0 Å². The van der Waals surface area contributed by atoms with Gasteiger partial charge in [-0.25, -0.2) is 9.79 Å². The Balaban J connectivity index is 1.70. The standard InChI is InChI=1S/C27H22BrN5O2S/c1-31-25(35)32(2)27(20-11-7-4-8-12-20)26(31,19-9-5-3-6-10-19)29-24-33(30-27)23(34)22(36-24)17-18-13-15-21(28)16-14-18/h3-17,30H,1-2H3/b22-17-. The zero-order valence-corrected chi connectivity index (χ0v) is 22.0. The maximum atomic E-state index is 13.7. The molecule has 1 N–H and O–H groups in total. The van der Waals surface area contributed by atoms with Gasteiger partial charge >= 0.3 is 6.03 Å². The molecule has 3 heterocycles. The van der Waals surface area contributed by atoms with Crippen LogP contribution in [0, 0.1) is 0 Å². The predicted molar refractivity (Wildman–Crippen MR) is 144 cm³/mol. The number of carbonyl (C=O) groups is 1. The first-order chi connectivity index (χ1) is 17.4. The van der Waals surface area contributed by atoms with Crippen molar-refractivity contribution in [2.24, 2.45) is 4.99 Å². The van der Waals surface area contributed by atoms with E-state index < -0.39 is 11.3 Å². The van der Waals surface area contributed by atoms with Crippen LogP contribution in [0.2, 0.25) is 0 Å². The monoisotopic (exact) mass is 559 g/mol. The third-order valence-electron chi connectivity index (χ3n) is 6.94. The number of amides is 2. The lowest BCUT2D eigenvalue weighted by atomic mass is 9.80. The van der Waals surface area contributed by atoms with Crippen LogP contribution < -0.4 is 20.3 Å². The van der Waals surface area contributed by atoms with Crippen molar-refractivity contribution in [3.63, 3.8) is 0 Å². The van der Waals surface area contributed by atoms with E-state index in [4.69, 9.17) is 4.99 Å². The van der Waals surface area contributed by atoms with Gasteiger partial charge in [-0.05, 0) is 23.8 Å². The molecule has 6 rings (SSSR count). The second kappa shape index (κ2) is 8.18. The van der Waals surface area contributed by atoms with Gasteiger partial charge in [0.2, 0.25) is 16.1 Å². The van der Waals surface area contributed by atoms with Crippen molar-refractivity contribution in [3.05, 3.63) is 126 Å². The summed E-state index contributed by atoms with van der Waals surface area (Å²) in [6.07, 6.45) is 1.86. The molecule has 36 heavy (non-hydrogen) atoms. The van der Waals surface area contributed by atoms with Crippen LogP contribution in [0.5, 0.6) is 0 Å². The number of urea groups is 1. The molecule has 0 bridgehead atoms. The fourth-order valence-electron chi connectivity index (χ4n) is 5.23. The molecule has 0 spiro atoms. The molecular weight excluding hydrogens is 538 g/mol. The molecule has 0 saturated carbocycles. The quantitative estimate of drug-likeness (QED) is 0.418. The van der Waals surface area contributed by atoms with Gasteiger partial charge in [0.05, 0.1) is 4.53 Å². The van der Waals surface area contributed by atoms with Crippen molar-refractivity contribution >= 4 is 39.4 Å². The van der Waals surface area contributed by atoms with Crippen molar-refractivity contribution in [3.8, 4) is 0 Å². The molecule has 2 unspecified atom stereocenters. The topological polar surface area (TPSA) is 69.9 Å². The summed E-state index contributed by atoms with van der Waals surface area (Å²) >= 11 is 4.75. The zero-order valence-electron chi connectivity index (χ0n) is 19.6. The summed E-state index contributed by atoms with van der Waals surface area (Å²) < 4.78 is 3.00. The molecule has 1 aromatic heterocycles. The van der Waals surface area contributed by atoms with Gasteiger partial charge in [-0.1, -0.05) is 100 Å². The Labute approximate surface area is 219 Å². The molecule has 0 radical (unpaired) electrons. The number of fused-ring (bicyclic) bond motifs is 2. The van der Waals surface area contributed by atoms with E-state index in [1.807, 2.05) is 91.0 Å². The van der Waals surface area contributed by atoms with Gasteiger partial charge in [0.25, 0.3) is 5.56 Å². The molecule has 7 nitrogen and oxygen atoms in total. The van der Waals surface area contributed by atoms with E-state index >= 15 is 0 Å². The molecule has 2 aliphatic rings. The van der Waals surface area contributed by atoms with E-state index in [1.54, 1.807) is 23.9 Å². The number of benzene rings is 3. The van der Waals surface area contributed by atoms with Gasteiger partial charge in [-0.3, -0.25) is 20.0 Å². The second-order valence-electron chi connectivity index (χ2n) is 8.82. The Morgan fingerprint density at radius 3 is 2.11 bits per heavy atom. The van der Waals surface area contributed by atoms with Gasteiger partial charge < -0.3 is 0 Å². The smallest absolute Gasteiger partial charge is 0.295 e. The van der Waals surface area contributed by atoms with Gasteiger partial charge in [0.15, 0.2) is 0 Å². The Morgan fingerprint density at radius 1 is 0.861 bits per heavy atom. The molecule has 2 amide bonds. The van der Waals surface area contributed by atoms with E-state index in [0.717, 1.165) is 21.2 Å². The largest absolute Gasteiger partial charge is 0.324 e. The third kappa shape index (κ3) is 2.99. The van der Waals surface area contributed by atoms with Crippen LogP contribution in [-0.4, -0.2) is 34.6 Å². The second-order valence-corrected chi connectivity index (χ2v) is 10.7. The summed E-state index contributed by atoms with van der Waals surface area (Å²) in [6.45, 7) is 0. The number of hydrogen-bond donors (Lipinski definition) is 1. The van der Waals surface area contributed by atoms with Crippen molar-refractivity contribution in [2.75, 3.05) is 19.5 Å². The Bertz CT molecular complexity index is 1650. The van der Waals surface area contributed by atoms with E-state index in [9.17, 15) is 9.59 Å². The summed E-state index contributed by atoms with van der Waals surface area (Å²) in [5, 5.41) is 0. The molecule has 4 aromatic rings. The Hall–Kier alpha value is -3.69. The minimum atomic E-state index is -1.17. The SMILES string of the molecule is CN1C(=O)N(C)C2(c3ccccc3)Nn3c(s/c(=C\c4ccc(Br)cc4)c3=O)=NC12c1ccccc1. The normalized spacial score (nSPS) is 23.2. The fourth-order valence-corrected chi connectivity index (χ4v) is 6.46. The van der Waals surface area contributed by atoms with Gasteiger partial charge in [-0.2, -0.15) is 4.68 Å². The van der Waals surface area contributed by atoms with Crippen molar-refractivity contribution < 1.29 is 4.79 Å². The average Bonchev–Trinajstić information content (AvgIpc) is 3.29. The number of likely N-dealkylation sites (N-methyl/N-ethyl adjacent to an activating group) is 2. The first-order valence-corrected chi connectivity index (χ1v) is 13.0. The lowest BCUT2D eigenvalue weighted by Crippen LogP contribution is -2.67. The number of rotatable bonds is 3. The highest BCUT2D eigenvalue weighted by Crippen LogP contribution is 2.53. The molecule has 180 valence electrons. The van der Waals surface area contributed by atoms with Crippen LogP contribution in [0.15, 0.2) is 99.2 Å². The first kappa shape index (κ1) is 22.8. The van der Waals surface area contributed by atoms with E-state index in [0.29, 0.717) is 9.33 Å². The van der Waals surface area contributed by atoms with Gasteiger partial charge in [0.1, 0.15) is 0 Å². The lowest BCUT2D eigenvalue weighted by molar-refractivity contribution is 0.0648. The molecule has 2 atom stereocenters. The highest BCUT2D eigenvalue weighted by Gasteiger charge is 2.69. The number of nitrogens with one attached hydrogen (secondary N) is 1. The molecule has 9 heteroatoms. The van der Waals surface area contributed by atoms with Crippen LogP contribution in [0.1, 0.15) is 16.7 Å². The van der Waals surface area contributed by atoms with Crippen LogP contribution in [0.25, 0.3) is 6.08 Å². The fraction of sp³-hybridized carbons (Fsp3) is 0.148. The highest BCUT2D eigenvalue weighted by molar-refractivity contribution is 9.10. The highest BCUT2D eigenvalue weighted by atomic mass is 79.9. The zero-order chi connectivity index (χ0) is 25.1. The van der Waals surface area contributed by atoms with Crippen molar-refractivity contribution in [1.29, 1.82) is 0 Å². The maximum Gasteiger partial charge on any atom is 0.324 e. The first-order valence-electron chi connectivity index (χ1n) is 11.4. The maximum absolute atomic E-state index is 13.7. The summed E-state index contributed by atoms with van der Waals surface area (Å²) in [5.74, 6) is 0. The van der Waals surface area contributed by atoms with Crippen molar-refractivity contribution in [2.45, 2.75) is 11.3 Å². The van der Waals surface area contributed by atoms with E-state index in [2.05, 4.69) is 21.4 Å².